The van der Waals surface area contributed by atoms with Crippen LogP contribution in [0.1, 0.15) is 29.7 Å². The molecule has 2 aromatic rings. The Kier molecular flexibility index (Phi) is 9.98. The van der Waals surface area contributed by atoms with E-state index >= 15 is 0 Å². The predicted molar refractivity (Wildman–Crippen MR) is 131 cm³/mol. The Hall–Kier alpha value is -1.06. The summed E-state index contributed by atoms with van der Waals surface area (Å²) in [6.07, 6.45) is 0. The molecule has 1 fully saturated rings. The third-order valence-corrected chi connectivity index (χ3v) is 5.29. The summed E-state index contributed by atoms with van der Waals surface area (Å²) in [5.41, 5.74) is 9.41. The van der Waals surface area contributed by atoms with Crippen molar-refractivity contribution in [1.82, 2.24) is 10.2 Å². The largest absolute Gasteiger partial charge is 0.379 e. The quantitative estimate of drug-likeness (QED) is 0.314. The topological polar surface area (TPSA) is 62.9 Å². The minimum Gasteiger partial charge on any atom is -0.379 e. The molecule has 2 aromatic carbocycles. The van der Waals surface area contributed by atoms with Crippen LogP contribution in [0.15, 0.2) is 47.5 Å². The number of rotatable bonds is 6. The Morgan fingerprint density at radius 1 is 1.17 bits per heavy atom. The molecule has 0 aliphatic carbocycles. The van der Waals surface area contributed by atoms with Crippen LogP contribution >= 0.6 is 47.2 Å². The van der Waals surface area contributed by atoms with E-state index in [9.17, 15) is 0 Å². The maximum atomic E-state index is 6.26. The number of halogens is 3. The smallest absolute Gasteiger partial charge is 0.189 e. The first-order valence-corrected chi connectivity index (χ1v) is 10.2. The highest BCUT2D eigenvalue weighted by Gasteiger charge is 2.12. The molecule has 8 heteroatoms. The number of ether oxygens (including phenoxy) is 1. The van der Waals surface area contributed by atoms with Crippen LogP contribution in [0.4, 0.5) is 0 Å². The van der Waals surface area contributed by atoms with E-state index in [4.69, 9.17) is 33.7 Å². The van der Waals surface area contributed by atoms with Crippen LogP contribution in [0.2, 0.25) is 10.0 Å². The van der Waals surface area contributed by atoms with E-state index in [0.29, 0.717) is 22.5 Å². The van der Waals surface area contributed by atoms with Gasteiger partial charge in [-0.05, 0) is 35.7 Å². The third-order valence-electron chi connectivity index (χ3n) is 4.73. The third kappa shape index (κ3) is 7.61. The number of hydrogen-bond acceptors (Lipinski definition) is 3. The molecule has 1 saturated heterocycles. The second kappa shape index (κ2) is 12.0. The van der Waals surface area contributed by atoms with Crippen molar-refractivity contribution in [2.75, 3.05) is 26.3 Å². The molecule has 29 heavy (non-hydrogen) atoms. The number of hydrogen-bond donors (Lipinski definition) is 2. The summed E-state index contributed by atoms with van der Waals surface area (Å²) in [6.45, 7) is 7.01. The minimum absolute atomic E-state index is 0. The summed E-state index contributed by atoms with van der Waals surface area (Å²) in [5, 5.41) is 4.40. The summed E-state index contributed by atoms with van der Waals surface area (Å²) in [7, 11) is 0. The fraction of sp³-hybridized carbons (Fsp3) is 0.381. The van der Waals surface area contributed by atoms with Crippen molar-refractivity contribution in [2.24, 2.45) is 10.7 Å². The summed E-state index contributed by atoms with van der Waals surface area (Å²) in [5.74, 6) is 0.386. The average molecular weight is 549 g/mol. The van der Waals surface area contributed by atoms with Crippen molar-refractivity contribution in [2.45, 2.75) is 26.1 Å². The van der Waals surface area contributed by atoms with Crippen molar-refractivity contribution < 1.29 is 4.74 Å². The van der Waals surface area contributed by atoms with Gasteiger partial charge in [0.05, 0.1) is 25.8 Å². The first-order valence-electron chi connectivity index (χ1n) is 9.40. The van der Waals surface area contributed by atoms with Gasteiger partial charge in [-0.3, -0.25) is 4.90 Å². The van der Waals surface area contributed by atoms with Crippen LogP contribution in [0.5, 0.6) is 0 Å². The lowest BCUT2D eigenvalue weighted by Gasteiger charge is -2.26. The molecule has 5 nitrogen and oxygen atoms in total. The highest BCUT2D eigenvalue weighted by atomic mass is 127. The second-order valence-electron chi connectivity index (χ2n) is 6.94. The first-order chi connectivity index (χ1) is 13.5. The van der Waals surface area contributed by atoms with Gasteiger partial charge in [-0.25, -0.2) is 4.99 Å². The monoisotopic (exact) mass is 548 g/mol. The molecule has 158 valence electrons. The molecule has 0 bridgehead atoms. The van der Waals surface area contributed by atoms with E-state index < -0.39 is 0 Å². The van der Waals surface area contributed by atoms with Crippen molar-refractivity contribution in [3.63, 3.8) is 0 Å². The Balaban J connectivity index is 0.00000300. The molecule has 1 aliphatic heterocycles. The number of nitrogens with zero attached hydrogens (tertiary/aromatic N) is 2. The maximum Gasteiger partial charge on any atom is 0.189 e. The van der Waals surface area contributed by atoms with Gasteiger partial charge in [0.25, 0.3) is 0 Å². The summed E-state index contributed by atoms with van der Waals surface area (Å²) >= 11 is 12.2. The van der Waals surface area contributed by atoms with E-state index in [1.54, 1.807) is 6.07 Å². The van der Waals surface area contributed by atoms with Crippen LogP contribution < -0.4 is 11.1 Å². The van der Waals surface area contributed by atoms with Crippen LogP contribution in [-0.2, 0) is 17.8 Å². The maximum absolute atomic E-state index is 6.26. The summed E-state index contributed by atoms with van der Waals surface area (Å²) in [4.78, 5) is 6.88. The number of benzene rings is 2. The zero-order valence-corrected chi connectivity index (χ0v) is 20.2. The molecule has 1 aliphatic rings. The summed E-state index contributed by atoms with van der Waals surface area (Å²) < 4.78 is 5.41. The molecule has 0 amide bonds. The van der Waals surface area contributed by atoms with Gasteiger partial charge in [0.2, 0.25) is 0 Å². The lowest BCUT2D eigenvalue weighted by atomic mass is 10.1. The molecule has 0 spiro atoms. The van der Waals surface area contributed by atoms with Crippen molar-refractivity contribution >= 4 is 53.1 Å². The SMILES string of the molecule is CC(NC(N)=NCc1cccc(CN2CCOCC2)c1)c1ccc(Cl)cc1Cl.I. The highest BCUT2D eigenvalue weighted by Crippen LogP contribution is 2.25. The normalized spacial score (nSPS) is 16.2. The van der Waals surface area contributed by atoms with Gasteiger partial charge in [0.1, 0.15) is 0 Å². The molecule has 0 aromatic heterocycles. The fourth-order valence-electron chi connectivity index (χ4n) is 3.22. The highest BCUT2D eigenvalue weighted by molar-refractivity contribution is 14.0. The van der Waals surface area contributed by atoms with Crippen molar-refractivity contribution in [3.8, 4) is 0 Å². The number of morpholine rings is 1. The number of aliphatic imine (C=N–C) groups is 1. The van der Waals surface area contributed by atoms with Crippen LogP contribution in [0.25, 0.3) is 0 Å². The molecule has 0 saturated carbocycles. The number of nitrogens with two attached hydrogens (primary N) is 1. The Bertz CT molecular complexity index is 828. The predicted octanol–water partition coefficient (Wildman–Crippen LogP) is 4.61. The molecular weight excluding hydrogens is 522 g/mol. The molecular formula is C21H27Cl2IN4O. The van der Waals surface area contributed by atoms with E-state index in [-0.39, 0.29) is 30.0 Å². The first kappa shape index (κ1) is 24.2. The van der Waals surface area contributed by atoms with Gasteiger partial charge in [-0.15, -0.1) is 24.0 Å². The van der Waals surface area contributed by atoms with Gasteiger partial charge < -0.3 is 15.8 Å². The molecule has 1 heterocycles. The van der Waals surface area contributed by atoms with Crippen molar-refractivity contribution in [1.29, 1.82) is 0 Å². The molecule has 0 radical (unpaired) electrons. The van der Waals surface area contributed by atoms with Gasteiger partial charge in [0.15, 0.2) is 5.96 Å². The van der Waals surface area contributed by atoms with E-state index in [2.05, 4.69) is 39.5 Å². The van der Waals surface area contributed by atoms with E-state index in [1.807, 2.05) is 19.1 Å². The lowest BCUT2D eigenvalue weighted by molar-refractivity contribution is 0.0342. The standard InChI is InChI=1S/C21H26Cl2N4O.HI/c1-15(19-6-5-18(22)12-20(19)23)26-21(24)25-13-16-3-2-4-17(11-16)14-27-7-9-28-10-8-27;/h2-6,11-12,15H,7-10,13-14H2,1H3,(H3,24,25,26);1H. The number of guanidine groups is 1. The lowest BCUT2D eigenvalue weighted by Crippen LogP contribution is -2.35. The zero-order chi connectivity index (χ0) is 19.9. The van der Waals surface area contributed by atoms with E-state index in [0.717, 1.165) is 44.0 Å². The zero-order valence-electron chi connectivity index (χ0n) is 16.4. The molecule has 3 N–H and O–H groups in total. The Morgan fingerprint density at radius 3 is 2.62 bits per heavy atom. The Labute approximate surface area is 199 Å². The minimum atomic E-state index is -0.0684. The van der Waals surface area contributed by atoms with Crippen molar-refractivity contribution in [3.05, 3.63) is 69.2 Å². The molecule has 3 rings (SSSR count). The van der Waals surface area contributed by atoms with Crippen LogP contribution in [0, 0.1) is 0 Å². The summed E-state index contributed by atoms with van der Waals surface area (Å²) in [6, 6.07) is 13.8. The number of nitrogens with one attached hydrogen (secondary N) is 1. The fourth-order valence-corrected chi connectivity index (χ4v) is 3.79. The van der Waals surface area contributed by atoms with Gasteiger partial charge >= 0.3 is 0 Å². The van der Waals surface area contributed by atoms with Gasteiger partial charge in [-0.2, -0.15) is 0 Å². The van der Waals surface area contributed by atoms with E-state index in [1.165, 1.54) is 5.56 Å². The van der Waals surface area contributed by atoms with Crippen LogP contribution in [-0.4, -0.2) is 37.2 Å². The average Bonchev–Trinajstić information content (AvgIpc) is 2.67. The van der Waals surface area contributed by atoms with Gasteiger partial charge in [-0.1, -0.05) is 53.5 Å². The Morgan fingerprint density at radius 2 is 1.90 bits per heavy atom. The second-order valence-corrected chi connectivity index (χ2v) is 7.79. The molecule has 1 unspecified atom stereocenters. The van der Waals surface area contributed by atoms with Crippen LogP contribution in [0.3, 0.4) is 0 Å². The molecule has 1 atom stereocenters. The van der Waals surface area contributed by atoms with Gasteiger partial charge in [0, 0.05) is 29.7 Å².